The molecule has 0 aliphatic heterocycles. The first-order chi connectivity index (χ1) is 10.7. The number of hydrogen-bond donors (Lipinski definition) is 0. The van der Waals surface area contributed by atoms with Crippen LogP contribution >= 0.6 is 0 Å². The lowest BCUT2D eigenvalue weighted by Gasteiger charge is -2.17. The van der Waals surface area contributed by atoms with Crippen LogP contribution in [0.3, 0.4) is 0 Å². The third-order valence-corrected chi connectivity index (χ3v) is 4.05. The average Bonchev–Trinajstić information content (AvgIpc) is 2.52. The van der Waals surface area contributed by atoms with Crippen molar-refractivity contribution in [2.45, 2.75) is 26.3 Å². The molecule has 1 heterocycles. The van der Waals surface area contributed by atoms with Gasteiger partial charge in [-0.2, -0.15) is 0 Å². The zero-order valence-corrected chi connectivity index (χ0v) is 13.1. The van der Waals surface area contributed by atoms with E-state index in [4.69, 9.17) is 4.42 Å². The second-order valence-corrected chi connectivity index (χ2v) is 5.84. The van der Waals surface area contributed by atoms with Crippen molar-refractivity contribution >= 4 is 21.7 Å². The highest BCUT2D eigenvalue weighted by molar-refractivity contribution is 6.07. The molecule has 3 rings (SSSR count). The van der Waals surface area contributed by atoms with Gasteiger partial charge in [0.05, 0.1) is 0 Å². The maximum atomic E-state index is 11.9. The van der Waals surface area contributed by atoms with Crippen molar-refractivity contribution in [2.75, 3.05) is 13.6 Å². The molecule has 22 heavy (non-hydrogen) atoms. The Morgan fingerprint density at radius 3 is 2.77 bits per heavy atom. The average molecular weight is 295 g/mol. The first-order valence-corrected chi connectivity index (χ1v) is 7.82. The molecule has 0 atom stereocenters. The monoisotopic (exact) mass is 295 g/mol. The molecule has 2 aromatic carbocycles. The Hall–Kier alpha value is -2.13. The van der Waals surface area contributed by atoms with Crippen LogP contribution in [-0.2, 0) is 6.54 Å². The maximum Gasteiger partial charge on any atom is 0.336 e. The predicted molar refractivity (Wildman–Crippen MR) is 91.2 cm³/mol. The fourth-order valence-electron chi connectivity index (χ4n) is 2.94. The van der Waals surface area contributed by atoms with Gasteiger partial charge in [-0.3, -0.25) is 0 Å². The van der Waals surface area contributed by atoms with Gasteiger partial charge >= 0.3 is 5.63 Å². The Bertz CT molecular complexity index is 851. The molecule has 0 N–H and O–H groups in total. The van der Waals surface area contributed by atoms with E-state index in [0.29, 0.717) is 5.58 Å². The minimum atomic E-state index is -0.276. The summed E-state index contributed by atoms with van der Waals surface area (Å²) in [6.07, 6.45) is 2.33. The van der Waals surface area contributed by atoms with E-state index >= 15 is 0 Å². The summed E-state index contributed by atoms with van der Waals surface area (Å²) in [5, 5.41) is 3.37. The van der Waals surface area contributed by atoms with Gasteiger partial charge in [0.1, 0.15) is 5.58 Å². The molecule has 1 aromatic heterocycles. The van der Waals surface area contributed by atoms with Crippen LogP contribution in [0.25, 0.3) is 21.7 Å². The summed E-state index contributed by atoms with van der Waals surface area (Å²) < 4.78 is 5.40. The van der Waals surface area contributed by atoms with Gasteiger partial charge in [0.25, 0.3) is 0 Å². The highest BCUT2D eigenvalue weighted by Gasteiger charge is 2.11. The fraction of sp³-hybridized carbons (Fsp3) is 0.316. The molecule has 0 spiro atoms. The van der Waals surface area contributed by atoms with E-state index in [-0.39, 0.29) is 5.63 Å². The molecule has 0 saturated heterocycles. The summed E-state index contributed by atoms with van der Waals surface area (Å²) in [6.45, 7) is 3.98. The quantitative estimate of drug-likeness (QED) is 0.523. The normalized spacial score (nSPS) is 11.6. The molecule has 0 saturated carbocycles. The molecule has 0 aliphatic carbocycles. The topological polar surface area (TPSA) is 33.5 Å². The molecule has 3 nitrogen and oxygen atoms in total. The molecule has 0 amide bonds. The Kier molecular flexibility index (Phi) is 4.25. The van der Waals surface area contributed by atoms with E-state index in [1.165, 1.54) is 11.8 Å². The molecule has 0 radical (unpaired) electrons. The third-order valence-electron chi connectivity index (χ3n) is 4.05. The highest BCUT2D eigenvalue weighted by atomic mass is 16.4. The van der Waals surface area contributed by atoms with E-state index < -0.39 is 0 Å². The van der Waals surface area contributed by atoms with Gasteiger partial charge in [0.15, 0.2) is 0 Å². The largest absolute Gasteiger partial charge is 0.423 e. The fourth-order valence-corrected chi connectivity index (χ4v) is 2.94. The predicted octanol–water partition coefficient (Wildman–Crippen LogP) is 4.18. The van der Waals surface area contributed by atoms with Crippen LogP contribution in [0.1, 0.15) is 25.3 Å². The summed E-state index contributed by atoms with van der Waals surface area (Å²) in [5.41, 5.74) is 1.44. The van der Waals surface area contributed by atoms with Gasteiger partial charge in [-0.1, -0.05) is 43.7 Å². The van der Waals surface area contributed by atoms with Crippen molar-refractivity contribution in [1.82, 2.24) is 4.90 Å². The summed E-state index contributed by atoms with van der Waals surface area (Å²) in [6, 6.07) is 13.8. The first kappa shape index (κ1) is 14.8. The first-order valence-electron chi connectivity index (χ1n) is 7.82. The van der Waals surface area contributed by atoms with E-state index in [9.17, 15) is 4.79 Å². The van der Waals surface area contributed by atoms with Crippen molar-refractivity contribution in [3.8, 4) is 0 Å². The SMILES string of the molecule is CCCCN(C)Cc1cc(=O)oc2ccc3ccccc3c12. The van der Waals surface area contributed by atoms with Crippen LogP contribution in [0.5, 0.6) is 0 Å². The lowest BCUT2D eigenvalue weighted by Crippen LogP contribution is -2.20. The molecular formula is C19H21NO2. The number of nitrogens with zero attached hydrogens (tertiary/aromatic N) is 1. The maximum absolute atomic E-state index is 11.9. The Morgan fingerprint density at radius 1 is 1.14 bits per heavy atom. The van der Waals surface area contributed by atoms with Gasteiger partial charge in [0, 0.05) is 18.0 Å². The van der Waals surface area contributed by atoms with Crippen molar-refractivity contribution in [2.24, 2.45) is 0 Å². The molecule has 3 aromatic rings. The van der Waals surface area contributed by atoms with E-state index in [1.807, 2.05) is 24.3 Å². The number of fused-ring (bicyclic) bond motifs is 3. The van der Waals surface area contributed by atoms with Crippen molar-refractivity contribution in [1.29, 1.82) is 0 Å². The number of hydrogen-bond acceptors (Lipinski definition) is 3. The zero-order chi connectivity index (χ0) is 15.5. The summed E-state index contributed by atoms with van der Waals surface area (Å²) in [7, 11) is 2.10. The summed E-state index contributed by atoms with van der Waals surface area (Å²) >= 11 is 0. The molecule has 0 aliphatic rings. The lowest BCUT2D eigenvalue weighted by molar-refractivity contribution is 0.321. The molecule has 0 bridgehead atoms. The molecular weight excluding hydrogens is 274 g/mol. The molecule has 3 heteroatoms. The third kappa shape index (κ3) is 2.90. The van der Waals surface area contributed by atoms with Gasteiger partial charge in [-0.25, -0.2) is 4.79 Å². The molecule has 0 fully saturated rings. The number of unbranched alkanes of at least 4 members (excludes halogenated alkanes) is 1. The minimum Gasteiger partial charge on any atom is -0.423 e. The van der Waals surface area contributed by atoms with Crippen molar-refractivity contribution in [3.63, 3.8) is 0 Å². The van der Waals surface area contributed by atoms with Crippen molar-refractivity contribution < 1.29 is 4.42 Å². The van der Waals surface area contributed by atoms with Crippen LogP contribution in [0.2, 0.25) is 0 Å². The summed E-state index contributed by atoms with van der Waals surface area (Å²) in [5.74, 6) is 0. The van der Waals surface area contributed by atoms with Crippen molar-refractivity contribution in [3.05, 3.63) is 58.4 Å². The van der Waals surface area contributed by atoms with E-state index in [0.717, 1.165) is 35.8 Å². The van der Waals surface area contributed by atoms with Crippen LogP contribution in [0, 0.1) is 0 Å². The smallest absolute Gasteiger partial charge is 0.336 e. The number of rotatable bonds is 5. The zero-order valence-electron chi connectivity index (χ0n) is 13.1. The Labute approximate surface area is 130 Å². The van der Waals surface area contributed by atoms with Crippen LogP contribution in [-0.4, -0.2) is 18.5 Å². The number of benzene rings is 2. The van der Waals surface area contributed by atoms with Gasteiger partial charge in [-0.05, 0) is 42.4 Å². The van der Waals surface area contributed by atoms with E-state index in [2.05, 4.69) is 31.0 Å². The minimum absolute atomic E-state index is 0.276. The van der Waals surface area contributed by atoms with Gasteiger partial charge < -0.3 is 9.32 Å². The van der Waals surface area contributed by atoms with Crippen LogP contribution in [0.4, 0.5) is 0 Å². The Morgan fingerprint density at radius 2 is 1.95 bits per heavy atom. The van der Waals surface area contributed by atoms with Gasteiger partial charge in [0.2, 0.25) is 0 Å². The second-order valence-electron chi connectivity index (χ2n) is 5.84. The second kappa shape index (κ2) is 6.32. The van der Waals surface area contributed by atoms with Gasteiger partial charge in [-0.15, -0.1) is 0 Å². The van der Waals surface area contributed by atoms with E-state index in [1.54, 1.807) is 6.07 Å². The summed E-state index contributed by atoms with van der Waals surface area (Å²) in [4.78, 5) is 14.1. The Balaban J connectivity index is 2.15. The van der Waals surface area contributed by atoms with Crippen LogP contribution in [0.15, 0.2) is 51.7 Å². The lowest BCUT2D eigenvalue weighted by atomic mass is 10.0. The molecule has 0 unspecified atom stereocenters. The standard InChI is InChI=1S/C19H21NO2/c1-3-4-11-20(2)13-15-12-18(21)22-17-10-9-14-7-5-6-8-16(14)19(15)17/h5-10,12H,3-4,11,13H2,1-2H3. The highest BCUT2D eigenvalue weighted by Crippen LogP contribution is 2.27. The van der Waals surface area contributed by atoms with Crippen LogP contribution < -0.4 is 5.63 Å². The molecule has 114 valence electrons.